The summed E-state index contributed by atoms with van der Waals surface area (Å²) in [5, 5.41) is 9.29. The molecule has 10 nitrogen and oxygen atoms in total. The molecule has 0 bridgehead atoms. The third kappa shape index (κ3) is 5.57. The average molecular weight is 322 g/mol. The molecule has 0 aromatic carbocycles. The normalized spacial score (nSPS) is 33.8. The Morgan fingerprint density at radius 3 is 2.32 bits per heavy atom. The zero-order chi connectivity index (χ0) is 14.7. The van der Waals surface area contributed by atoms with Gasteiger partial charge < -0.3 is 19.6 Å². The molecule has 0 aromatic heterocycles. The van der Waals surface area contributed by atoms with Crippen molar-refractivity contribution in [2.45, 2.75) is 24.9 Å². The van der Waals surface area contributed by atoms with Crippen molar-refractivity contribution in [2.24, 2.45) is 0 Å². The van der Waals surface area contributed by atoms with Gasteiger partial charge in [0.15, 0.2) is 6.29 Å². The monoisotopic (exact) mass is 322 g/mol. The number of ether oxygens (including phenoxy) is 1. The SMILES string of the molecule is COP(=O)(O)OC[C@H]1OC(O)CC1OP(=O)(O)OC. The van der Waals surface area contributed by atoms with Gasteiger partial charge in [-0.25, -0.2) is 9.13 Å². The van der Waals surface area contributed by atoms with Gasteiger partial charge in [0.2, 0.25) is 0 Å². The molecule has 0 radical (unpaired) electrons. The topological polar surface area (TPSA) is 141 Å². The fourth-order valence-electron chi connectivity index (χ4n) is 1.39. The van der Waals surface area contributed by atoms with Crippen LogP contribution in [0.5, 0.6) is 0 Å². The third-order valence-corrected chi connectivity index (χ3v) is 4.25. The second-order valence-corrected chi connectivity index (χ2v) is 6.68. The van der Waals surface area contributed by atoms with Gasteiger partial charge in [-0.3, -0.25) is 18.1 Å². The van der Waals surface area contributed by atoms with Crippen molar-refractivity contribution in [2.75, 3.05) is 20.8 Å². The van der Waals surface area contributed by atoms with Crippen molar-refractivity contribution in [1.29, 1.82) is 0 Å². The zero-order valence-corrected chi connectivity index (χ0v) is 12.0. The van der Waals surface area contributed by atoms with E-state index in [9.17, 15) is 14.2 Å². The second kappa shape index (κ2) is 6.73. The molecular formula is C7H16O10P2. The van der Waals surface area contributed by atoms with Crippen LogP contribution in [0, 0.1) is 0 Å². The second-order valence-electron chi connectivity index (χ2n) is 3.61. The van der Waals surface area contributed by atoms with Crippen LogP contribution in [0.25, 0.3) is 0 Å². The third-order valence-electron chi connectivity index (χ3n) is 2.31. The predicted octanol–water partition coefficient (Wildman–Crippen LogP) is -0.0109. The van der Waals surface area contributed by atoms with E-state index in [1.807, 2.05) is 0 Å². The summed E-state index contributed by atoms with van der Waals surface area (Å²) >= 11 is 0. The van der Waals surface area contributed by atoms with Gasteiger partial charge in [-0.1, -0.05) is 0 Å². The molecule has 4 unspecified atom stereocenters. The van der Waals surface area contributed by atoms with E-state index in [-0.39, 0.29) is 6.42 Å². The highest BCUT2D eigenvalue weighted by atomic mass is 31.2. The van der Waals surface area contributed by atoms with Gasteiger partial charge in [0.25, 0.3) is 0 Å². The minimum Gasteiger partial charge on any atom is -0.368 e. The van der Waals surface area contributed by atoms with E-state index in [0.717, 1.165) is 14.2 Å². The maximum absolute atomic E-state index is 11.3. The summed E-state index contributed by atoms with van der Waals surface area (Å²) in [7, 11) is -6.52. The first-order chi connectivity index (χ1) is 8.69. The Morgan fingerprint density at radius 2 is 1.79 bits per heavy atom. The van der Waals surface area contributed by atoms with E-state index in [1.165, 1.54) is 0 Å². The minimum atomic E-state index is -4.27. The molecule has 0 spiro atoms. The summed E-state index contributed by atoms with van der Waals surface area (Å²) in [6.07, 6.45) is -3.38. The van der Waals surface area contributed by atoms with Crippen LogP contribution < -0.4 is 0 Å². The number of phosphoric ester groups is 2. The van der Waals surface area contributed by atoms with E-state index in [1.54, 1.807) is 0 Å². The van der Waals surface area contributed by atoms with Gasteiger partial charge in [-0.15, -0.1) is 0 Å². The van der Waals surface area contributed by atoms with Crippen LogP contribution in [0.4, 0.5) is 0 Å². The lowest BCUT2D eigenvalue weighted by Crippen LogP contribution is -2.28. The van der Waals surface area contributed by atoms with E-state index in [0.29, 0.717) is 0 Å². The molecule has 5 atom stereocenters. The van der Waals surface area contributed by atoms with Crippen LogP contribution in [-0.4, -0.2) is 54.2 Å². The first-order valence-electron chi connectivity index (χ1n) is 5.12. The summed E-state index contributed by atoms with van der Waals surface area (Å²) in [6, 6.07) is 0. The zero-order valence-electron chi connectivity index (χ0n) is 10.2. The van der Waals surface area contributed by atoms with Crippen molar-refractivity contribution < 1.29 is 46.9 Å². The van der Waals surface area contributed by atoms with Crippen molar-refractivity contribution in [1.82, 2.24) is 0 Å². The molecule has 1 aliphatic heterocycles. The van der Waals surface area contributed by atoms with Crippen molar-refractivity contribution in [3.05, 3.63) is 0 Å². The van der Waals surface area contributed by atoms with Gasteiger partial charge >= 0.3 is 15.6 Å². The first-order valence-corrected chi connectivity index (χ1v) is 8.11. The molecule has 3 N–H and O–H groups in total. The molecule has 1 aliphatic rings. The van der Waals surface area contributed by atoms with E-state index in [2.05, 4.69) is 13.6 Å². The van der Waals surface area contributed by atoms with E-state index < -0.39 is 40.8 Å². The molecule has 0 saturated carbocycles. The molecule has 0 aromatic rings. The lowest BCUT2D eigenvalue weighted by Gasteiger charge is -2.20. The van der Waals surface area contributed by atoms with Crippen LogP contribution in [0.1, 0.15) is 6.42 Å². The highest BCUT2D eigenvalue weighted by molar-refractivity contribution is 7.47. The first kappa shape index (κ1) is 17.2. The lowest BCUT2D eigenvalue weighted by atomic mass is 10.2. The summed E-state index contributed by atoms with van der Waals surface area (Å²) < 4.78 is 45.0. The Labute approximate surface area is 109 Å². The standard InChI is InChI=1S/C7H16O10P2/c1-13-18(9,10)15-4-6-5(3-7(8)16-6)17-19(11,12)14-2/h5-8H,3-4H2,1-2H3,(H,9,10)(H,11,12)/t5?,6-,7?/m1/s1. The maximum atomic E-state index is 11.3. The molecule has 114 valence electrons. The van der Waals surface area contributed by atoms with Crippen LogP contribution in [-0.2, 0) is 32.0 Å². The quantitative estimate of drug-likeness (QED) is 0.548. The van der Waals surface area contributed by atoms with Crippen LogP contribution in [0.2, 0.25) is 0 Å². The van der Waals surface area contributed by atoms with Gasteiger partial charge in [-0.05, 0) is 0 Å². The number of phosphoric acid groups is 2. The molecule has 0 aliphatic carbocycles. The summed E-state index contributed by atoms with van der Waals surface area (Å²) in [5.74, 6) is 0. The molecule has 0 amide bonds. The lowest BCUT2D eigenvalue weighted by molar-refractivity contribution is -0.106. The van der Waals surface area contributed by atoms with E-state index >= 15 is 0 Å². The van der Waals surface area contributed by atoms with Crippen molar-refractivity contribution >= 4 is 15.6 Å². The maximum Gasteiger partial charge on any atom is 0.472 e. The summed E-state index contributed by atoms with van der Waals surface area (Å²) in [6.45, 7) is -0.465. The Bertz CT molecular complexity index is 386. The van der Waals surface area contributed by atoms with Crippen LogP contribution in [0.3, 0.4) is 0 Å². The molecular weight excluding hydrogens is 306 g/mol. The fourth-order valence-corrected chi connectivity index (χ4v) is 2.48. The molecule has 19 heavy (non-hydrogen) atoms. The van der Waals surface area contributed by atoms with Gasteiger partial charge in [0.1, 0.15) is 12.2 Å². The average Bonchev–Trinajstić information content (AvgIpc) is 2.66. The summed E-state index contributed by atoms with van der Waals surface area (Å²) in [5.41, 5.74) is 0. The van der Waals surface area contributed by atoms with E-state index in [4.69, 9.17) is 19.0 Å². The van der Waals surface area contributed by atoms with Gasteiger partial charge in [0.05, 0.1) is 6.61 Å². The van der Waals surface area contributed by atoms with Crippen LogP contribution >= 0.6 is 15.6 Å². The largest absolute Gasteiger partial charge is 0.472 e. The molecule has 12 heteroatoms. The Morgan fingerprint density at radius 1 is 1.21 bits per heavy atom. The van der Waals surface area contributed by atoms with Crippen LogP contribution in [0.15, 0.2) is 0 Å². The van der Waals surface area contributed by atoms with Gasteiger partial charge in [-0.2, -0.15) is 0 Å². The highest BCUT2D eigenvalue weighted by Crippen LogP contribution is 2.47. The fraction of sp³-hybridized carbons (Fsp3) is 1.00. The van der Waals surface area contributed by atoms with Gasteiger partial charge in [0, 0.05) is 20.6 Å². The predicted molar refractivity (Wildman–Crippen MR) is 60.0 cm³/mol. The number of hydrogen-bond donors (Lipinski definition) is 3. The Hall–Kier alpha value is 0.140. The number of aliphatic hydroxyl groups excluding tert-OH is 1. The number of hydrogen-bond acceptors (Lipinski definition) is 8. The Balaban J connectivity index is 2.60. The molecule has 1 saturated heterocycles. The smallest absolute Gasteiger partial charge is 0.368 e. The number of aliphatic hydroxyl groups is 1. The Kier molecular flexibility index (Phi) is 6.09. The highest BCUT2D eigenvalue weighted by Gasteiger charge is 2.41. The minimum absolute atomic E-state index is 0.106. The number of rotatable bonds is 7. The van der Waals surface area contributed by atoms with Crippen molar-refractivity contribution in [3.8, 4) is 0 Å². The summed E-state index contributed by atoms with van der Waals surface area (Å²) in [4.78, 5) is 18.2. The molecule has 1 fully saturated rings. The molecule has 1 rings (SSSR count). The molecule has 1 heterocycles. The van der Waals surface area contributed by atoms with Crippen molar-refractivity contribution in [3.63, 3.8) is 0 Å².